The second-order valence-corrected chi connectivity index (χ2v) is 12.3. The minimum absolute atomic E-state index is 0.0541. The molecular weight excluding hydrogens is 392 g/mol. The number of carbonyl (C=O) groups is 1. The van der Waals surface area contributed by atoms with Crippen LogP contribution in [-0.2, 0) is 11.2 Å². The predicted octanol–water partition coefficient (Wildman–Crippen LogP) is 6.91. The smallest absolute Gasteiger partial charge is 0.155 e. The third-order valence-corrected chi connectivity index (χ3v) is 10.8. The zero-order valence-corrected chi connectivity index (χ0v) is 20.4. The second kappa shape index (κ2) is 8.12. The zero-order chi connectivity index (χ0) is 22.6. The molecule has 0 aromatic heterocycles. The first-order valence-corrected chi connectivity index (χ1v) is 13.2. The quantitative estimate of drug-likeness (QED) is 0.511. The molecular formula is C30H42O2. The lowest BCUT2D eigenvalue weighted by Gasteiger charge is -2.61. The Morgan fingerprint density at radius 2 is 1.72 bits per heavy atom. The maximum atomic E-state index is 12.4. The van der Waals surface area contributed by atoms with Crippen LogP contribution in [0, 0.1) is 34.5 Å². The molecule has 0 spiro atoms. The fourth-order valence-corrected chi connectivity index (χ4v) is 8.62. The van der Waals surface area contributed by atoms with Crippen LogP contribution in [0.2, 0.25) is 0 Å². The van der Waals surface area contributed by atoms with Crippen molar-refractivity contribution in [2.24, 2.45) is 34.5 Å². The van der Waals surface area contributed by atoms with Crippen LogP contribution < -0.4 is 0 Å². The van der Waals surface area contributed by atoms with Crippen molar-refractivity contribution >= 4 is 5.78 Å². The van der Waals surface area contributed by atoms with Gasteiger partial charge >= 0.3 is 0 Å². The number of hydrogen-bond acceptors (Lipinski definition) is 2. The third-order valence-electron chi connectivity index (χ3n) is 10.8. The summed E-state index contributed by atoms with van der Waals surface area (Å²) in [6, 6.07) is 10.9. The SMILES string of the molecule is C[C@]12CCC(=O)C=C1CC(CCCCc1ccccc1)C1C2CC[C@@]2(C)C1CC[C@]2(C)O. The van der Waals surface area contributed by atoms with Gasteiger partial charge in [0.15, 0.2) is 5.78 Å². The average molecular weight is 435 g/mol. The van der Waals surface area contributed by atoms with Crippen molar-refractivity contribution in [3.63, 3.8) is 0 Å². The Bertz CT molecular complexity index is 883. The number of rotatable bonds is 5. The lowest BCUT2D eigenvalue weighted by molar-refractivity contribution is -0.135. The number of hydrogen-bond donors (Lipinski definition) is 1. The maximum absolute atomic E-state index is 12.4. The van der Waals surface area contributed by atoms with Gasteiger partial charge in [-0.15, -0.1) is 0 Å². The van der Waals surface area contributed by atoms with Crippen molar-refractivity contribution in [2.45, 2.75) is 97.0 Å². The summed E-state index contributed by atoms with van der Waals surface area (Å²) in [6.45, 7) is 6.98. The van der Waals surface area contributed by atoms with Crippen molar-refractivity contribution in [3.05, 3.63) is 47.5 Å². The average Bonchev–Trinajstić information content (AvgIpc) is 3.02. The molecule has 0 saturated heterocycles. The van der Waals surface area contributed by atoms with E-state index in [4.69, 9.17) is 0 Å². The number of fused-ring (bicyclic) bond motifs is 5. The summed E-state index contributed by atoms with van der Waals surface area (Å²) in [5, 5.41) is 11.3. The molecule has 0 heterocycles. The van der Waals surface area contributed by atoms with Gasteiger partial charge in [0.05, 0.1) is 5.60 Å². The number of allylic oxidation sites excluding steroid dienone is 1. The number of benzene rings is 1. The summed E-state index contributed by atoms with van der Waals surface area (Å²) in [7, 11) is 0. The maximum Gasteiger partial charge on any atom is 0.155 e. The van der Waals surface area contributed by atoms with E-state index in [2.05, 4.69) is 57.2 Å². The Kier molecular flexibility index (Phi) is 5.68. The van der Waals surface area contributed by atoms with Gasteiger partial charge in [-0.3, -0.25) is 4.79 Å². The minimum atomic E-state index is -0.528. The van der Waals surface area contributed by atoms with Crippen LogP contribution in [0.1, 0.15) is 90.5 Å². The first-order chi connectivity index (χ1) is 15.2. The van der Waals surface area contributed by atoms with Gasteiger partial charge < -0.3 is 5.11 Å². The number of ketones is 1. The van der Waals surface area contributed by atoms with Crippen molar-refractivity contribution in [3.8, 4) is 0 Å². The molecule has 0 aliphatic heterocycles. The third kappa shape index (κ3) is 3.52. The van der Waals surface area contributed by atoms with Gasteiger partial charge in [0.1, 0.15) is 0 Å². The predicted molar refractivity (Wildman–Crippen MR) is 130 cm³/mol. The van der Waals surface area contributed by atoms with E-state index >= 15 is 0 Å². The van der Waals surface area contributed by atoms with Crippen LogP contribution in [0.5, 0.6) is 0 Å². The molecule has 4 aliphatic carbocycles. The second-order valence-electron chi connectivity index (χ2n) is 12.3. The van der Waals surface area contributed by atoms with Crippen molar-refractivity contribution in [1.82, 2.24) is 0 Å². The molecule has 0 bridgehead atoms. The molecule has 1 N–H and O–H groups in total. The Morgan fingerprint density at radius 3 is 2.50 bits per heavy atom. The van der Waals surface area contributed by atoms with Gasteiger partial charge in [-0.25, -0.2) is 0 Å². The molecule has 1 aromatic carbocycles. The summed E-state index contributed by atoms with van der Waals surface area (Å²) >= 11 is 0. The Labute approximate surface area is 194 Å². The number of aryl methyl sites for hydroxylation is 1. The highest BCUT2D eigenvalue weighted by atomic mass is 16.3. The van der Waals surface area contributed by atoms with Crippen LogP contribution in [-0.4, -0.2) is 16.5 Å². The number of unbranched alkanes of at least 4 members (excludes halogenated alkanes) is 1. The van der Waals surface area contributed by atoms with Crippen molar-refractivity contribution in [2.75, 3.05) is 0 Å². The normalized spacial score (nSPS) is 43.2. The first kappa shape index (κ1) is 22.4. The minimum Gasteiger partial charge on any atom is -0.390 e. The molecule has 4 aliphatic rings. The first-order valence-electron chi connectivity index (χ1n) is 13.2. The van der Waals surface area contributed by atoms with Gasteiger partial charge in [-0.05, 0) is 111 Å². The molecule has 32 heavy (non-hydrogen) atoms. The van der Waals surface area contributed by atoms with E-state index in [0.717, 1.165) is 38.5 Å². The van der Waals surface area contributed by atoms with Gasteiger partial charge in [0.25, 0.3) is 0 Å². The molecule has 0 amide bonds. The van der Waals surface area contributed by atoms with E-state index in [-0.39, 0.29) is 10.8 Å². The summed E-state index contributed by atoms with van der Waals surface area (Å²) < 4.78 is 0. The molecule has 5 rings (SSSR count). The molecule has 7 atom stereocenters. The molecule has 2 nitrogen and oxygen atoms in total. The fourth-order valence-electron chi connectivity index (χ4n) is 8.62. The van der Waals surface area contributed by atoms with E-state index in [1.807, 2.05) is 0 Å². The largest absolute Gasteiger partial charge is 0.390 e. The fraction of sp³-hybridized carbons (Fsp3) is 0.700. The summed E-state index contributed by atoms with van der Waals surface area (Å²) in [4.78, 5) is 12.4. The number of carbonyl (C=O) groups excluding carboxylic acids is 1. The standard InChI is InChI=1S/C30H42O2/c1-28-16-13-24(31)20-23(28)19-22(12-8-7-11-21-9-5-4-6-10-21)27-25(28)14-17-29(2)26(27)15-18-30(29,3)32/h4-6,9-10,20,22,25-27,32H,7-8,11-19H2,1-3H3/t22?,25?,26?,27?,28-,29-,30-/m0/s1. The monoisotopic (exact) mass is 434 g/mol. The van der Waals surface area contributed by atoms with Crippen LogP contribution in [0.4, 0.5) is 0 Å². The van der Waals surface area contributed by atoms with Gasteiger partial charge in [-0.1, -0.05) is 56.2 Å². The molecule has 0 radical (unpaired) electrons. The summed E-state index contributed by atoms with van der Waals surface area (Å²) in [6.07, 6.45) is 14.4. The van der Waals surface area contributed by atoms with E-state index in [0.29, 0.717) is 29.5 Å². The Hall–Kier alpha value is -1.41. The van der Waals surface area contributed by atoms with E-state index < -0.39 is 5.60 Å². The van der Waals surface area contributed by atoms with Gasteiger partial charge in [0, 0.05) is 6.42 Å². The highest BCUT2D eigenvalue weighted by molar-refractivity contribution is 5.91. The van der Waals surface area contributed by atoms with Gasteiger partial charge in [0.2, 0.25) is 0 Å². The molecule has 3 fully saturated rings. The Balaban J connectivity index is 1.39. The highest BCUT2D eigenvalue weighted by Gasteiger charge is 2.64. The van der Waals surface area contributed by atoms with E-state index in [1.54, 1.807) is 0 Å². The lowest BCUT2D eigenvalue weighted by Crippen LogP contribution is -2.56. The van der Waals surface area contributed by atoms with Crippen LogP contribution in [0.15, 0.2) is 42.0 Å². The Morgan fingerprint density at radius 1 is 0.969 bits per heavy atom. The van der Waals surface area contributed by atoms with Crippen LogP contribution >= 0.6 is 0 Å². The van der Waals surface area contributed by atoms with Crippen molar-refractivity contribution in [1.29, 1.82) is 0 Å². The molecule has 2 heteroatoms. The summed E-state index contributed by atoms with van der Waals surface area (Å²) in [5.74, 6) is 3.03. The van der Waals surface area contributed by atoms with Gasteiger partial charge in [-0.2, -0.15) is 0 Å². The zero-order valence-electron chi connectivity index (χ0n) is 20.4. The highest BCUT2D eigenvalue weighted by Crippen LogP contribution is 2.69. The lowest BCUT2D eigenvalue weighted by atomic mass is 9.44. The summed E-state index contributed by atoms with van der Waals surface area (Å²) in [5.41, 5.74) is 2.64. The molecule has 4 unspecified atom stereocenters. The number of aliphatic hydroxyl groups is 1. The molecule has 3 saturated carbocycles. The molecule has 1 aromatic rings. The molecule has 174 valence electrons. The van der Waals surface area contributed by atoms with Crippen LogP contribution in [0.25, 0.3) is 0 Å². The van der Waals surface area contributed by atoms with E-state index in [1.165, 1.54) is 43.2 Å². The topological polar surface area (TPSA) is 37.3 Å². The van der Waals surface area contributed by atoms with Crippen molar-refractivity contribution < 1.29 is 9.90 Å². The van der Waals surface area contributed by atoms with E-state index in [9.17, 15) is 9.90 Å². The van der Waals surface area contributed by atoms with Crippen LogP contribution in [0.3, 0.4) is 0 Å².